The van der Waals surface area contributed by atoms with Gasteiger partial charge >= 0.3 is 0 Å². The predicted octanol–water partition coefficient (Wildman–Crippen LogP) is 3.43. The summed E-state index contributed by atoms with van der Waals surface area (Å²) in [5.74, 6) is 1.47. The largest absolute Gasteiger partial charge is 0.493 e. The summed E-state index contributed by atoms with van der Waals surface area (Å²) in [5, 5.41) is 4.24. The fourth-order valence-corrected chi connectivity index (χ4v) is 2.67. The van der Waals surface area contributed by atoms with E-state index in [1.807, 2.05) is 26.0 Å². The Kier molecular flexibility index (Phi) is 4.94. The van der Waals surface area contributed by atoms with Crippen LogP contribution in [0.4, 0.5) is 0 Å². The molecule has 0 amide bonds. The molecule has 0 spiro atoms. The molecule has 1 saturated heterocycles. The van der Waals surface area contributed by atoms with Crippen molar-refractivity contribution >= 4 is 11.6 Å². The van der Waals surface area contributed by atoms with Crippen LogP contribution in [-0.4, -0.2) is 25.8 Å². The number of benzene rings is 1. The highest BCUT2D eigenvalue weighted by atomic mass is 35.5. The van der Waals surface area contributed by atoms with Gasteiger partial charge in [-0.1, -0.05) is 11.6 Å². The summed E-state index contributed by atoms with van der Waals surface area (Å²) in [7, 11) is 1.66. The van der Waals surface area contributed by atoms with E-state index in [2.05, 4.69) is 5.32 Å². The molecular weight excluding hydrogens is 262 g/mol. The van der Waals surface area contributed by atoms with E-state index in [1.165, 1.54) is 12.8 Å². The van der Waals surface area contributed by atoms with Gasteiger partial charge in [0.15, 0.2) is 11.5 Å². The second-order valence-electron chi connectivity index (χ2n) is 5.26. The molecule has 1 aromatic rings. The molecule has 1 aliphatic rings. The van der Waals surface area contributed by atoms with Crippen LogP contribution in [0, 0.1) is 0 Å². The van der Waals surface area contributed by atoms with Crippen molar-refractivity contribution < 1.29 is 9.47 Å². The number of rotatable bonds is 5. The Balaban J connectivity index is 2.19. The summed E-state index contributed by atoms with van der Waals surface area (Å²) >= 11 is 6.36. The average molecular weight is 284 g/mol. The minimum absolute atomic E-state index is 0.104. The summed E-state index contributed by atoms with van der Waals surface area (Å²) in [6.07, 6.45) is 3.50. The van der Waals surface area contributed by atoms with E-state index in [0.29, 0.717) is 11.8 Å². The Morgan fingerprint density at radius 1 is 1.37 bits per heavy atom. The van der Waals surface area contributed by atoms with Crippen LogP contribution < -0.4 is 14.8 Å². The Hall–Kier alpha value is -0.930. The first-order chi connectivity index (χ1) is 9.10. The van der Waals surface area contributed by atoms with E-state index in [9.17, 15) is 0 Å². The van der Waals surface area contributed by atoms with Crippen molar-refractivity contribution in [3.05, 3.63) is 22.7 Å². The molecule has 1 aromatic carbocycles. The van der Waals surface area contributed by atoms with Gasteiger partial charge in [-0.3, -0.25) is 0 Å². The molecule has 0 saturated carbocycles. The molecular formula is C15H22ClNO2. The van der Waals surface area contributed by atoms with E-state index >= 15 is 0 Å². The minimum atomic E-state index is 0.104. The van der Waals surface area contributed by atoms with Gasteiger partial charge in [0.1, 0.15) is 0 Å². The van der Waals surface area contributed by atoms with Crippen LogP contribution in [-0.2, 0) is 6.42 Å². The first-order valence-corrected chi connectivity index (χ1v) is 7.24. The molecule has 0 aliphatic carbocycles. The maximum atomic E-state index is 6.36. The molecule has 1 N–H and O–H groups in total. The van der Waals surface area contributed by atoms with Crippen molar-refractivity contribution in [3.63, 3.8) is 0 Å². The first-order valence-electron chi connectivity index (χ1n) is 6.86. The standard InChI is InChI=1S/C15H22ClNO2/c1-10(2)19-15-9-13(16)11(8-14(15)18-3)7-12-5-4-6-17-12/h8-10,12,17H,4-7H2,1-3H3. The van der Waals surface area contributed by atoms with Crippen molar-refractivity contribution in [3.8, 4) is 11.5 Å². The first kappa shape index (κ1) is 14.5. The van der Waals surface area contributed by atoms with E-state index in [-0.39, 0.29) is 6.10 Å². The van der Waals surface area contributed by atoms with E-state index in [0.717, 1.165) is 29.3 Å². The third kappa shape index (κ3) is 3.77. The van der Waals surface area contributed by atoms with Crippen molar-refractivity contribution in [2.75, 3.05) is 13.7 Å². The average Bonchev–Trinajstić information content (AvgIpc) is 2.84. The molecule has 106 valence electrons. The number of halogens is 1. The third-order valence-corrected chi connectivity index (χ3v) is 3.68. The van der Waals surface area contributed by atoms with Gasteiger partial charge in [-0.05, 0) is 51.3 Å². The van der Waals surface area contributed by atoms with Gasteiger partial charge in [0.05, 0.1) is 13.2 Å². The minimum Gasteiger partial charge on any atom is -0.493 e. The van der Waals surface area contributed by atoms with Crippen molar-refractivity contribution in [1.82, 2.24) is 5.32 Å². The van der Waals surface area contributed by atoms with Crippen LogP contribution in [0.2, 0.25) is 5.02 Å². The maximum Gasteiger partial charge on any atom is 0.163 e. The highest BCUT2D eigenvalue weighted by molar-refractivity contribution is 6.31. The summed E-state index contributed by atoms with van der Waals surface area (Å²) in [6, 6.07) is 4.39. The third-order valence-electron chi connectivity index (χ3n) is 3.32. The van der Waals surface area contributed by atoms with Gasteiger partial charge in [0.25, 0.3) is 0 Å². The number of nitrogens with one attached hydrogen (secondary N) is 1. The molecule has 0 bridgehead atoms. The number of hydrogen-bond donors (Lipinski definition) is 1. The Labute approximate surface area is 120 Å². The molecule has 0 radical (unpaired) electrons. The lowest BCUT2D eigenvalue weighted by Gasteiger charge is -2.17. The molecule has 4 heteroatoms. The summed E-state index contributed by atoms with van der Waals surface area (Å²) in [6.45, 7) is 5.08. The topological polar surface area (TPSA) is 30.5 Å². The lowest BCUT2D eigenvalue weighted by Crippen LogP contribution is -2.23. The number of ether oxygens (including phenoxy) is 2. The van der Waals surface area contributed by atoms with Crippen molar-refractivity contribution in [2.24, 2.45) is 0 Å². The fourth-order valence-electron chi connectivity index (χ4n) is 2.44. The molecule has 1 atom stereocenters. The molecule has 3 nitrogen and oxygen atoms in total. The second kappa shape index (κ2) is 6.49. The Morgan fingerprint density at radius 3 is 2.74 bits per heavy atom. The van der Waals surface area contributed by atoms with Crippen LogP contribution in [0.25, 0.3) is 0 Å². The molecule has 19 heavy (non-hydrogen) atoms. The van der Waals surface area contributed by atoms with Gasteiger partial charge < -0.3 is 14.8 Å². The van der Waals surface area contributed by atoms with Crippen LogP contribution >= 0.6 is 11.6 Å². The summed E-state index contributed by atoms with van der Waals surface area (Å²) in [5.41, 5.74) is 1.12. The van der Waals surface area contributed by atoms with Gasteiger partial charge in [-0.25, -0.2) is 0 Å². The summed E-state index contributed by atoms with van der Waals surface area (Å²) < 4.78 is 11.1. The molecule has 1 unspecified atom stereocenters. The normalized spacial score (nSPS) is 18.9. The lowest BCUT2D eigenvalue weighted by atomic mass is 10.0. The van der Waals surface area contributed by atoms with Crippen LogP contribution in [0.1, 0.15) is 32.3 Å². The Bertz CT molecular complexity index is 428. The summed E-state index contributed by atoms with van der Waals surface area (Å²) in [4.78, 5) is 0. The van der Waals surface area contributed by atoms with Crippen molar-refractivity contribution in [1.29, 1.82) is 0 Å². The van der Waals surface area contributed by atoms with Gasteiger partial charge in [-0.15, -0.1) is 0 Å². The highest BCUT2D eigenvalue weighted by Gasteiger charge is 2.18. The molecule has 1 heterocycles. The quantitative estimate of drug-likeness (QED) is 0.898. The van der Waals surface area contributed by atoms with E-state index in [4.69, 9.17) is 21.1 Å². The fraction of sp³-hybridized carbons (Fsp3) is 0.600. The SMILES string of the molecule is COc1cc(CC2CCCN2)c(Cl)cc1OC(C)C. The zero-order valence-electron chi connectivity index (χ0n) is 11.8. The molecule has 2 rings (SSSR count). The highest BCUT2D eigenvalue weighted by Crippen LogP contribution is 2.35. The van der Waals surface area contributed by atoms with E-state index < -0.39 is 0 Å². The molecule has 1 fully saturated rings. The zero-order valence-corrected chi connectivity index (χ0v) is 12.6. The van der Waals surface area contributed by atoms with Gasteiger partial charge in [0.2, 0.25) is 0 Å². The van der Waals surface area contributed by atoms with Gasteiger partial charge in [0, 0.05) is 17.1 Å². The van der Waals surface area contributed by atoms with Crippen molar-refractivity contribution in [2.45, 2.75) is 45.3 Å². The van der Waals surface area contributed by atoms with Gasteiger partial charge in [-0.2, -0.15) is 0 Å². The smallest absolute Gasteiger partial charge is 0.163 e. The zero-order chi connectivity index (χ0) is 13.8. The second-order valence-corrected chi connectivity index (χ2v) is 5.67. The van der Waals surface area contributed by atoms with Crippen LogP contribution in [0.15, 0.2) is 12.1 Å². The monoisotopic (exact) mass is 283 g/mol. The predicted molar refractivity (Wildman–Crippen MR) is 78.5 cm³/mol. The van der Waals surface area contributed by atoms with Crippen LogP contribution in [0.5, 0.6) is 11.5 Å². The lowest BCUT2D eigenvalue weighted by molar-refractivity contribution is 0.230. The van der Waals surface area contributed by atoms with E-state index in [1.54, 1.807) is 7.11 Å². The molecule has 1 aliphatic heterocycles. The maximum absolute atomic E-state index is 6.36. The number of methoxy groups -OCH3 is 1. The molecule has 0 aromatic heterocycles. The number of hydrogen-bond acceptors (Lipinski definition) is 3. The van der Waals surface area contributed by atoms with Crippen LogP contribution in [0.3, 0.4) is 0 Å². The Morgan fingerprint density at radius 2 is 2.16 bits per heavy atom.